The Morgan fingerprint density at radius 1 is 1.20 bits per heavy atom. The fourth-order valence-corrected chi connectivity index (χ4v) is 5.63. The Morgan fingerprint density at radius 3 is 2.85 bits per heavy atom. The molecule has 1 saturated heterocycles. The first-order valence-corrected chi connectivity index (χ1v) is 8.82. The average Bonchev–Trinajstić information content (AvgIpc) is 3.11. The second kappa shape index (κ2) is 5.14. The molecule has 3 unspecified atom stereocenters. The van der Waals surface area contributed by atoms with Crippen molar-refractivity contribution in [3.8, 4) is 0 Å². The summed E-state index contributed by atoms with van der Waals surface area (Å²) >= 11 is 0. The van der Waals surface area contributed by atoms with E-state index in [0.717, 1.165) is 37.4 Å². The summed E-state index contributed by atoms with van der Waals surface area (Å²) in [7, 11) is 0. The van der Waals surface area contributed by atoms with Crippen LogP contribution in [0.2, 0.25) is 0 Å². The van der Waals surface area contributed by atoms with Crippen LogP contribution in [-0.4, -0.2) is 19.0 Å². The molecule has 2 heteroatoms. The number of hydrogen-bond donors (Lipinski definition) is 0. The van der Waals surface area contributed by atoms with Crippen molar-refractivity contribution in [2.45, 2.75) is 64.1 Å². The number of rotatable bonds is 2. The number of ether oxygens (including phenoxy) is 2. The minimum Gasteiger partial charge on any atom is -0.347 e. The van der Waals surface area contributed by atoms with Gasteiger partial charge in [-0.05, 0) is 49.9 Å². The predicted octanol–water partition coefficient (Wildman–Crippen LogP) is 4.30. The van der Waals surface area contributed by atoms with Gasteiger partial charge in [-0.15, -0.1) is 0 Å². The lowest BCUT2D eigenvalue weighted by Gasteiger charge is -2.49. The maximum absolute atomic E-state index is 6.14. The first kappa shape index (κ1) is 13.3. The first-order valence-electron chi connectivity index (χ1n) is 8.82. The molecular weight excluding hydrogens is 248 g/mol. The quantitative estimate of drug-likeness (QED) is 0.700. The zero-order chi connectivity index (χ0) is 13.6. The van der Waals surface area contributed by atoms with E-state index in [1.54, 1.807) is 5.57 Å². The Balaban J connectivity index is 1.65. The SMILES string of the molecule is CCC[C@@H]1C2=CCC3CCCC3C2CCC12OCCO2. The van der Waals surface area contributed by atoms with Gasteiger partial charge in [0.25, 0.3) is 0 Å². The Morgan fingerprint density at radius 2 is 2.05 bits per heavy atom. The van der Waals surface area contributed by atoms with E-state index in [-0.39, 0.29) is 5.79 Å². The van der Waals surface area contributed by atoms with Crippen molar-refractivity contribution in [3.63, 3.8) is 0 Å². The van der Waals surface area contributed by atoms with Gasteiger partial charge in [-0.25, -0.2) is 0 Å². The van der Waals surface area contributed by atoms with Crippen molar-refractivity contribution < 1.29 is 9.47 Å². The molecule has 3 fully saturated rings. The molecule has 1 spiro atoms. The summed E-state index contributed by atoms with van der Waals surface area (Å²) in [6.07, 6.45) is 13.2. The van der Waals surface area contributed by atoms with Crippen molar-refractivity contribution in [3.05, 3.63) is 11.6 Å². The highest BCUT2D eigenvalue weighted by Gasteiger charge is 2.53. The Bertz CT molecular complexity index is 394. The summed E-state index contributed by atoms with van der Waals surface area (Å²) in [5, 5.41) is 0. The molecule has 2 saturated carbocycles. The summed E-state index contributed by atoms with van der Waals surface area (Å²) < 4.78 is 12.3. The third-order valence-corrected chi connectivity index (χ3v) is 6.41. The van der Waals surface area contributed by atoms with Crippen molar-refractivity contribution in [2.24, 2.45) is 23.7 Å². The van der Waals surface area contributed by atoms with Crippen molar-refractivity contribution in [2.75, 3.05) is 13.2 Å². The van der Waals surface area contributed by atoms with Crippen LogP contribution >= 0.6 is 0 Å². The van der Waals surface area contributed by atoms with Gasteiger partial charge in [0.15, 0.2) is 5.79 Å². The van der Waals surface area contributed by atoms with Gasteiger partial charge >= 0.3 is 0 Å². The fraction of sp³-hybridized carbons (Fsp3) is 0.889. The molecule has 4 rings (SSSR count). The zero-order valence-corrected chi connectivity index (χ0v) is 12.8. The van der Waals surface area contributed by atoms with Crippen LogP contribution in [0.4, 0.5) is 0 Å². The monoisotopic (exact) mass is 276 g/mol. The minimum atomic E-state index is -0.246. The lowest BCUT2D eigenvalue weighted by molar-refractivity contribution is -0.207. The lowest BCUT2D eigenvalue weighted by Crippen LogP contribution is -2.48. The van der Waals surface area contributed by atoms with Crippen LogP contribution in [0.3, 0.4) is 0 Å². The van der Waals surface area contributed by atoms with Gasteiger partial charge in [-0.2, -0.15) is 0 Å². The Kier molecular flexibility index (Phi) is 3.42. The van der Waals surface area contributed by atoms with E-state index in [9.17, 15) is 0 Å². The third kappa shape index (κ3) is 1.91. The molecule has 4 aliphatic rings. The molecule has 112 valence electrons. The first-order chi connectivity index (χ1) is 9.84. The minimum absolute atomic E-state index is 0.246. The Labute approximate surface area is 122 Å². The molecule has 4 atom stereocenters. The molecule has 0 radical (unpaired) electrons. The standard InChI is InChI=1S/C18H28O2/c1-2-4-17-16-8-7-13-5-3-6-14(13)15(16)9-10-18(17)19-11-12-20-18/h8,13-15,17H,2-7,9-12H2,1H3/t13?,14?,15?,17-/m1/s1. The smallest absolute Gasteiger partial charge is 0.174 e. The van der Waals surface area contributed by atoms with Crippen LogP contribution in [-0.2, 0) is 9.47 Å². The van der Waals surface area contributed by atoms with Crippen LogP contribution in [0.25, 0.3) is 0 Å². The van der Waals surface area contributed by atoms with Crippen LogP contribution in [0.5, 0.6) is 0 Å². The predicted molar refractivity (Wildman–Crippen MR) is 79.3 cm³/mol. The molecule has 0 aromatic heterocycles. The molecule has 0 N–H and O–H groups in total. The topological polar surface area (TPSA) is 18.5 Å². The summed E-state index contributed by atoms with van der Waals surface area (Å²) in [5.41, 5.74) is 1.73. The number of allylic oxidation sites excluding steroid dienone is 1. The lowest BCUT2D eigenvalue weighted by atomic mass is 9.62. The van der Waals surface area contributed by atoms with Gasteiger partial charge in [0.2, 0.25) is 0 Å². The highest BCUT2D eigenvalue weighted by Crippen LogP contribution is 2.56. The van der Waals surface area contributed by atoms with Crippen molar-refractivity contribution in [1.82, 2.24) is 0 Å². The highest BCUT2D eigenvalue weighted by molar-refractivity contribution is 5.23. The number of hydrogen-bond acceptors (Lipinski definition) is 2. The maximum Gasteiger partial charge on any atom is 0.174 e. The molecule has 2 nitrogen and oxygen atoms in total. The van der Waals surface area contributed by atoms with E-state index >= 15 is 0 Å². The third-order valence-electron chi connectivity index (χ3n) is 6.41. The normalized spacial score (nSPS) is 42.4. The van der Waals surface area contributed by atoms with Gasteiger partial charge < -0.3 is 9.47 Å². The molecule has 20 heavy (non-hydrogen) atoms. The maximum atomic E-state index is 6.14. The van der Waals surface area contributed by atoms with Gasteiger partial charge in [-0.3, -0.25) is 0 Å². The van der Waals surface area contributed by atoms with E-state index in [1.807, 2.05) is 0 Å². The van der Waals surface area contributed by atoms with E-state index in [0.29, 0.717) is 5.92 Å². The second-order valence-corrected chi connectivity index (χ2v) is 7.29. The Hall–Kier alpha value is -0.340. The van der Waals surface area contributed by atoms with Crippen LogP contribution in [0, 0.1) is 23.7 Å². The van der Waals surface area contributed by atoms with Crippen molar-refractivity contribution >= 4 is 0 Å². The average molecular weight is 276 g/mol. The summed E-state index contributed by atoms with van der Waals surface area (Å²) in [6, 6.07) is 0. The molecule has 0 bridgehead atoms. The largest absolute Gasteiger partial charge is 0.347 e. The van der Waals surface area contributed by atoms with Gasteiger partial charge in [-0.1, -0.05) is 31.4 Å². The van der Waals surface area contributed by atoms with Crippen molar-refractivity contribution in [1.29, 1.82) is 0 Å². The van der Waals surface area contributed by atoms with E-state index in [1.165, 1.54) is 44.9 Å². The van der Waals surface area contributed by atoms with E-state index in [2.05, 4.69) is 13.0 Å². The van der Waals surface area contributed by atoms with Gasteiger partial charge in [0.1, 0.15) is 0 Å². The highest BCUT2D eigenvalue weighted by atomic mass is 16.7. The zero-order valence-electron chi connectivity index (χ0n) is 12.8. The molecule has 0 aromatic carbocycles. The van der Waals surface area contributed by atoms with E-state index in [4.69, 9.17) is 9.47 Å². The van der Waals surface area contributed by atoms with Gasteiger partial charge in [0, 0.05) is 12.3 Å². The summed E-state index contributed by atoms with van der Waals surface area (Å²) in [6.45, 7) is 3.89. The van der Waals surface area contributed by atoms with Crippen LogP contribution in [0.15, 0.2) is 11.6 Å². The summed E-state index contributed by atoms with van der Waals surface area (Å²) in [4.78, 5) is 0. The molecule has 1 heterocycles. The van der Waals surface area contributed by atoms with Crippen LogP contribution in [0.1, 0.15) is 58.3 Å². The number of fused-ring (bicyclic) bond motifs is 3. The van der Waals surface area contributed by atoms with E-state index < -0.39 is 0 Å². The van der Waals surface area contributed by atoms with Crippen LogP contribution < -0.4 is 0 Å². The molecule has 1 aliphatic heterocycles. The molecule has 0 amide bonds. The van der Waals surface area contributed by atoms with Gasteiger partial charge in [0.05, 0.1) is 13.2 Å². The molecular formula is C18H28O2. The second-order valence-electron chi connectivity index (χ2n) is 7.29. The fourth-order valence-electron chi connectivity index (χ4n) is 5.63. The molecule has 0 aromatic rings. The summed E-state index contributed by atoms with van der Waals surface area (Å²) in [5.74, 6) is 3.11. The molecule has 3 aliphatic carbocycles.